The zero-order chi connectivity index (χ0) is 13.2. The van der Waals surface area contributed by atoms with Crippen LogP contribution in [0.3, 0.4) is 0 Å². The van der Waals surface area contributed by atoms with E-state index < -0.39 is 0 Å². The Balaban J connectivity index is 2.30. The predicted octanol–water partition coefficient (Wildman–Crippen LogP) is 2.81. The number of ether oxygens (including phenoxy) is 2. The Morgan fingerprint density at radius 1 is 1.22 bits per heavy atom. The maximum absolute atomic E-state index is 5.72. The molecule has 4 heteroatoms. The van der Waals surface area contributed by atoms with Crippen LogP contribution in [0.15, 0.2) is 24.3 Å². The average molecular weight is 269 g/mol. The van der Waals surface area contributed by atoms with E-state index in [1.807, 2.05) is 43.0 Å². The highest BCUT2D eigenvalue weighted by atomic mass is 32.2. The molecule has 1 N–H and O–H groups in total. The van der Waals surface area contributed by atoms with Gasteiger partial charge >= 0.3 is 0 Å². The summed E-state index contributed by atoms with van der Waals surface area (Å²) < 4.78 is 11.2. The van der Waals surface area contributed by atoms with Gasteiger partial charge in [0.25, 0.3) is 0 Å². The lowest BCUT2D eigenvalue weighted by Gasteiger charge is -2.14. The molecular weight excluding hydrogens is 246 g/mol. The fraction of sp³-hybridized carbons (Fsp3) is 0.571. The van der Waals surface area contributed by atoms with Crippen molar-refractivity contribution in [2.45, 2.75) is 19.9 Å². The average Bonchev–Trinajstić information content (AvgIpc) is 2.37. The summed E-state index contributed by atoms with van der Waals surface area (Å²) >= 11 is 1.85. The first-order valence-corrected chi connectivity index (χ1v) is 7.74. The van der Waals surface area contributed by atoms with E-state index in [0.717, 1.165) is 23.8 Å². The topological polar surface area (TPSA) is 30.5 Å². The minimum atomic E-state index is 0.519. The molecule has 1 rings (SSSR count). The first kappa shape index (κ1) is 15.2. The number of rotatable bonds is 9. The van der Waals surface area contributed by atoms with Gasteiger partial charge in [-0.1, -0.05) is 12.1 Å². The molecule has 0 aliphatic rings. The van der Waals surface area contributed by atoms with Crippen molar-refractivity contribution < 1.29 is 9.47 Å². The second-order valence-corrected chi connectivity index (χ2v) is 4.95. The molecule has 18 heavy (non-hydrogen) atoms. The normalized spacial score (nSPS) is 12.2. The molecular formula is C14H23NO2S. The molecule has 0 aromatic heterocycles. The molecule has 0 amide bonds. The lowest BCUT2D eigenvalue weighted by atomic mass is 10.3. The van der Waals surface area contributed by atoms with Crippen LogP contribution in [0.4, 0.5) is 0 Å². The molecule has 0 aliphatic heterocycles. The van der Waals surface area contributed by atoms with E-state index in [1.54, 1.807) is 0 Å². The Bertz CT molecular complexity index is 333. The lowest BCUT2D eigenvalue weighted by Crippen LogP contribution is -2.31. The predicted molar refractivity (Wildman–Crippen MR) is 79.0 cm³/mol. The Kier molecular flexibility index (Phi) is 7.69. The van der Waals surface area contributed by atoms with E-state index in [-0.39, 0.29) is 0 Å². The van der Waals surface area contributed by atoms with Crippen LogP contribution in [-0.2, 0) is 0 Å². The van der Waals surface area contributed by atoms with Crippen molar-refractivity contribution in [1.29, 1.82) is 0 Å². The molecule has 0 fully saturated rings. The molecule has 0 saturated heterocycles. The summed E-state index contributed by atoms with van der Waals surface area (Å²) in [4.78, 5) is 0. The number of hydrogen-bond donors (Lipinski definition) is 1. The van der Waals surface area contributed by atoms with E-state index in [0.29, 0.717) is 19.3 Å². The molecule has 1 unspecified atom stereocenters. The molecule has 102 valence electrons. The molecule has 0 spiro atoms. The van der Waals surface area contributed by atoms with Gasteiger partial charge in [0.05, 0.1) is 6.61 Å². The highest BCUT2D eigenvalue weighted by Gasteiger charge is 2.03. The summed E-state index contributed by atoms with van der Waals surface area (Å²) in [6.07, 6.45) is 2.12. The largest absolute Gasteiger partial charge is 0.490 e. The molecule has 0 bridgehead atoms. The van der Waals surface area contributed by atoms with E-state index in [2.05, 4.69) is 18.5 Å². The Hall–Kier alpha value is -0.870. The SMILES string of the molecule is CCOc1ccccc1OCCNC(C)CSC. The third-order valence-electron chi connectivity index (χ3n) is 2.42. The molecule has 0 radical (unpaired) electrons. The van der Waals surface area contributed by atoms with Gasteiger partial charge in [-0.15, -0.1) is 0 Å². The lowest BCUT2D eigenvalue weighted by molar-refractivity contribution is 0.273. The van der Waals surface area contributed by atoms with Crippen molar-refractivity contribution in [1.82, 2.24) is 5.32 Å². The number of benzene rings is 1. The van der Waals surface area contributed by atoms with Crippen molar-refractivity contribution in [2.75, 3.05) is 31.8 Å². The monoisotopic (exact) mass is 269 g/mol. The van der Waals surface area contributed by atoms with Gasteiger partial charge in [-0.05, 0) is 32.2 Å². The van der Waals surface area contributed by atoms with Crippen LogP contribution in [0, 0.1) is 0 Å². The fourth-order valence-electron chi connectivity index (χ4n) is 1.62. The summed E-state index contributed by atoms with van der Waals surface area (Å²) in [5.41, 5.74) is 0. The third-order valence-corrected chi connectivity index (χ3v) is 3.25. The Labute approximate surface area is 114 Å². The first-order chi connectivity index (χ1) is 8.77. The molecule has 1 atom stereocenters. The zero-order valence-corrected chi connectivity index (χ0v) is 12.3. The molecule has 1 aromatic carbocycles. The van der Waals surface area contributed by atoms with Gasteiger partial charge in [-0.2, -0.15) is 11.8 Å². The van der Waals surface area contributed by atoms with Crippen LogP contribution in [0.2, 0.25) is 0 Å². The second kappa shape index (κ2) is 9.11. The molecule has 1 aromatic rings. The van der Waals surface area contributed by atoms with Crippen molar-refractivity contribution in [3.05, 3.63) is 24.3 Å². The molecule has 3 nitrogen and oxygen atoms in total. The smallest absolute Gasteiger partial charge is 0.161 e. The highest BCUT2D eigenvalue weighted by Crippen LogP contribution is 2.25. The summed E-state index contributed by atoms with van der Waals surface area (Å²) in [5, 5.41) is 3.42. The fourth-order valence-corrected chi connectivity index (χ4v) is 2.24. The Morgan fingerprint density at radius 3 is 2.50 bits per heavy atom. The standard InChI is InChI=1S/C14H23NO2S/c1-4-16-13-7-5-6-8-14(13)17-10-9-15-12(2)11-18-3/h5-8,12,15H,4,9-11H2,1-3H3. The number of para-hydroxylation sites is 2. The van der Waals surface area contributed by atoms with Gasteiger partial charge < -0.3 is 14.8 Å². The minimum absolute atomic E-state index is 0.519. The summed E-state index contributed by atoms with van der Waals surface area (Å²) in [7, 11) is 0. The quantitative estimate of drug-likeness (QED) is 0.698. The third kappa shape index (κ3) is 5.65. The number of nitrogens with one attached hydrogen (secondary N) is 1. The van der Waals surface area contributed by atoms with E-state index in [9.17, 15) is 0 Å². The first-order valence-electron chi connectivity index (χ1n) is 6.34. The van der Waals surface area contributed by atoms with Gasteiger partial charge in [0.1, 0.15) is 6.61 Å². The summed E-state index contributed by atoms with van der Waals surface area (Å²) in [6, 6.07) is 8.31. The van der Waals surface area contributed by atoms with Crippen molar-refractivity contribution >= 4 is 11.8 Å². The molecule has 0 saturated carbocycles. The van der Waals surface area contributed by atoms with Gasteiger partial charge in [-0.25, -0.2) is 0 Å². The van der Waals surface area contributed by atoms with Gasteiger partial charge in [-0.3, -0.25) is 0 Å². The van der Waals surface area contributed by atoms with Crippen LogP contribution in [0.25, 0.3) is 0 Å². The van der Waals surface area contributed by atoms with E-state index in [4.69, 9.17) is 9.47 Å². The number of hydrogen-bond acceptors (Lipinski definition) is 4. The van der Waals surface area contributed by atoms with Gasteiger partial charge in [0.15, 0.2) is 11.5 Å². The number of thioether (sulfide) groups is 1. The van der Waals surface area contributed by atoms with Gasteiger partial charge in [0.2, 0.25) is 0 Å². The Morgan fingerprint density at radius 2 is 1.89 bits per heavy atom. The van der Waals surface area contributed by atoms with E-state index in [1.165, 1.54) is 0 Å². The van der Waals surface area contributed by atoms with Crippen molar-refractivity contribution in [2.24, 2.45) is 0 Å². The van der Waals surface area contributed by atoms with Crippen LogP contribution >= 0.6 is 11.8 Å². The molecule has 0 aliphatic carbocycles. The van der Waals surface area contributed by atoms with Gasteiger partial charge in [0, 0.05) is 18.3 Å². The summed E-state index contributed by atoms with van der Waals surface area (Å²) in [6.45, 7) is 6.32. The highest BCUT2D eigenvalue weighted by molar-refractivity contribution is 7.98. The van der Waals surface area contributed by atoms with E-state index >= 15 is 0 Å². The zero-order valence-electron chi connectivity index (χ0n) is 11.4. The second-order valence-electron chi connectivity index (χ2n) is 4.04. The maximum Gasteiger partial charge on any atom is 0.161 e. The molecule has 0 heterocycles. The van der Waals surface area contributed by atoms with Crippen LogP contribution in [0.1, 0.15) is 13.8 Å². The van der Waals surface area contributed by atoms with Crippen LogP contribution in [-0.4, -0.2) is 37.8 Å². The van der Waals surface area contributed by atoms with Crippen LogP contribution < -0.4 is 14.8 Å². The summed E-state index contributed by atoms with van der Waals surface area (Å²) in [5.74, 6) is 2.76. The minimum Gasteiger partial charge on any atom is -0.490 e. The van der Waals surface area contributed by atoms with Crippen molar-refractivity contribution in [3.8, 4) is 11.5 Å². The van der Waals surface area contributed by atoms with Crippen molar-refractivity contribution in [3.63, 3.8) is 0 Å². The van der Waals surface area contributed by atoms with Crippen LogP contribution in [0.5, 0.6) is 11.5 Å². The maximum atomic E-state index is 5.72.